The maximum absolute atomic E-state index is 11.8. The first-order chi connectivity index (χ1) is 10.5. The molecule has 0 radical (unpaired) electrons. The summed E-state index contributed by atoms with van der Waals surface area (Å²) in [4.78, 5) is 23.9. The lowest BCUT2D eigenvalue weighted by Gasteiger charge is -2.15. The van der Waals surface area contributed by atoms with Crippen LogP contribution in [0.2, 0.25) is 9.36 Å². The molecule has 7 heteroatoms. The summed E-state index contributed by atoms with van der Waals surface area (Å²) in [6.07, 6.45) is 0. The van der Waals surface area contributed by atoms with E-state index in [0.717, 1.165) is 16.9 Å². The molecular weight excluding hydrogens is 345 g/mol. The van der Waals surface area contributed by atoms with Crippen LogP contribution in [0, 0.1) is 0 Å². The van der Waals surface area contributed by atoms with Gasteiger partial charge in [-0.05, 0) is 30.7 Å². The molecule has 1 aromatic heterocycles. The molecule has 1 atom stereocenters. The van der Waals surface area contributed by atoms with Crippen molar-refractivity contribution in [2.45, 2.75) is 13.0 Å². The van der Waals surface area contributed by atoms with Crippen molar-refractivity contribution in [1.29, 1.82) is 0 Å². The van der Waals surface area contributed by atoms with Gasteiger partial charge in [-0.2, -0.15) is 0 Å². The number of hydrogen-bond acceptors (Lipinski definition) is 4. The number of nitrogens with one attached hydrogen (secondary N) is 1. The molecule has 0 spiro atoms. The zero-order valence-corrected chi connectivity index (χ0v) is 14.0. The van der Waals surface area contributed by atoms with Gasteiger partial charge in [-0.25, -0.2) is 4.79 Å². The molecule has 2 aromatic rings. The molecule has 1 N–H and O–H groups in total. The molecule has 1 amide bonds. The van der Waals surface area contributed by atoms with Crippen molar-refractivity contribution in [1.82, 2.24) is 5.32 Å². The van der Waals surface area contributed by atoms with E-state index in [9.17, 15) is 9.59 Å². The van der Waals surface area contributed by atoms with Gasteiger partial charge in [-0.1, -0.05) is 41.4 Å². The summed E-state index contributed by atoms with van der Waals surface area (Å²) >= 11 is 12.9. The highest BCUT2D eigenvalue weighted by molar-refractivity contribution is 7.17. The fraction of sp³-hybridized carbons (Fsp3) is 0.200. The molecule has 0 unspecified atom stereocenters. The Hall–Kier alpha value is -1.56. The smallest absolute Gasteiger partial charge is 0.348 e. The second-order valence-electron chi connectivity index (χ2n) is 4.49. The van der Waals surface area contributed by atoms with Crippen molar-refractivity contribution < 1.29 is 14.3 Å². The lowest BCUT2D eigenvalue weighted by molar-refractivity contribution is -0.124. The lowest BCUT2D eigenvalue weighted by Crippen LogP contribution is -2.31. The summed E-state index contributed by atoms with van der Waals surface area (Å²) in [7, 11) is 0. The average Bonchev–Trinajstić information content (AvgIpc) is 2.91. The molecular formula is C15H13Cl2NO3S. The van der Waals surface area contributed by atoms with E-state index in [2.05, 4.69) is 5.32 Å². The maximum Gasteiger partial charge on any atom is 0.348 e. The van der Waals surface area contributed by atoms with Crippen LogP contribution in [0.5, 0.6) is 0 Å². The number of halogens is 2. The first kappa shape index (κ1) is 16.8. The number of ether oxygens (including phenoxy) is 1. The predicted molar refractivity (Wildman–Crippen MR) is 87.6 cm³/mol. The second-order valence-corrected chi connectivity index (χ2v) is 6.61. The molecule has 0 aliphatic rings. The summed E-state index contributed by atoms with van der Waals surface area (Å²) in [6, 6.07) is 10.1. The molecule has 1 heterocycles. The molecule has 0 bridgehead atoms. The molecule has 22 heavy (non-hydrogen) atoms. The molecule has 0 fully saturated rings. The number of carbonyl (C=O) groups excluding carboxylic acids is 2. The number of benzene rings is 1. The van der Waals surface area contributed by atoms with Crippen molar-refractivity contribution in [2.75, 3.05) is 6.61 Å². The molecule has 0 saturated carbocycles. The van der Waals surface area contributed by atoms with E-state index in [-0.39, 0.29) is 12.6 Å². The van der Waals surface area contributed by atoms with Gasteiger partial charge in [0.1, 0.15) is 4.88 Å². The van der Waals surface area contributed by atoms with Gasteiger partial charge in [0.25, 0.3) is 5.91 Å². The third-order valence-corrected chi connectivity index (χ3v) is 4.41. The van der Waals surface area contributed by atoms with E-state index in [4.69, 9.17) is 27.9 Å². The van der Waals surface area contributed by atoms with Gasteiger partial charge in [0, 0.05) is 5.02 Å². The van der Waals surface area contributed by atoms with Gasteiger partial charge in [0.2, 0.25) is 0 Å². The fourth-order valence-electron chi connectivity index (χ4n) is 1.81. The maximum atomic E-state index is 11.8. The van der Waals surface area contributed by atoms with Crippen molar-refractivity contribution in [3.63, 3.8) is 0 Å². The van der Waals surface area contributed by atoms with Crippen LogP contribution in [-0.4, -0.2) is 18.5 Å². The van der Waals surface area contributed by atoms with E-state index in [1.807, 2.05) is 18.2 Å². The number of rotatable bonds is 5. The minimum Gasteiger partial charge on any atom is -0.451 e. The van der Waals surface area contributed by atoms with E-state index in [0.29, 0.717) is 14.2 Å². The Balaban J connectivity index is 1.85. The van der Waals surface area contributed by atoms with Crippen LogP contribution in [0.15, 0.2) is 36.4 Å². The Morgan fingerprint density at radius 3 is 2.59 bits per heavy atom. The fourth-order valence-corrected chi connectivity index (χ4v) is 3.05. The summed E-state index contributed by atoms with van der Waals surface area (Å²) in [5, 5.41) is 3.30. The Labute approximate surface area is 142 Å². The van der Waals surface area contributed by atoms with E-state index in [1.165, 1.54) is 0 Å². The Kier molecular flexibility index (Phi) is 5.83. The van der Waals surface area contributed by atoms with Crippen molar-refractivity contribution >= 4 is 46.4 Å². The largest absolute Gasteiger partial charge is 0.451 e. The molecule has 2 rings (SSSR count). The van der Waals surface area contributed by atoms with Gasteiger partial charge in [-0.15, -0.1) is 11.3 Å². The topological polar surface area (TPSA) is 55.4 Å². The minimum absolute atomic E-state index is 0.281. The van der Waals surface area contributed by atoms with E-state index >= 15 is 0 Å². The van der Waals surface area contributed by atoms with Gasteiger partial charge < -0.3 is 10.1 Å². The second kappa shape index (κ2) is 7.63. The highest BCUT2D eigenvalue weighted by Gasteiger charge is 2.15. The SMILES string of the molecule is C[C@@H](NC(=O)COC(=O)c1ccc(Cl)s1)c1ccccc1Cl. The van der Waals surface area contributed by atoms with Crippen LogP contribution in [0.3, 0.4) is 0 Å². The Morgan fingerprint density at radius 1 is 1.23 bits per heavy atom. The summed E-state index contributed by atoms with van der Waals surface area (Å²) in [5.74, 6) is -0.971. The van der Waals surface area contributed by atoms with Crippen LogP contribution < -0.4 is 5.32 Å². The van der Waals surface area contributed by atoms with Crippen LogP contribution in [-0.2, 0) is 9.53 Å². The monoisotopic (exact) mass is 357 g/mol. The predicted octanol–water partition coefficient (Wildman–Crippen LogP) is 4.09. The van der Waals surface area contributed by atoms with Crippen LogP contribution in [0.1, 0.15) is 28.2 Å². The van der Waals surface area contributed by atoms with E-state index < -0.39 is 11.9 Å². The molecule has 0 aliphatic carbocycles. The van der Waals surface area contributed by atoms with Crippen LogP contribution in [0.4, 0.5) is 0 Å². The molecule has 0 saturated heterocycles. The molecule has 4 nitrogen and oxygen atoms in total. The van der Waals surface area contributed by atoms with Crippen LogP contribution in [0.25, 0.3) is 0 Å². The summed E-state index contributed by atoms with van der Waals surface area (Å²) < 4.78 is 5.43. The van der Waals surface area contributed by atoms with Gasteiger partial charge in [0.15, 0.2) is 6.61 Å². The highest BCUT2D eigenvalue weighted by atomic mass is 35.5. The zero-order chi connectivity index (χ0) is 16.1. The quantitative estimate of drug-likeness (QED) is 0.819. The number of hydrogen-bond donors (Lipinski definition) is 1. The van der Waals surface area contributed by atoms with Gasteiger partial charge in [0.05, 0.1) is 10.4 Å². The molecule has 1 aromatic carbocycles. The summed E-state index contributed by atoms with van der Waals surface area (Å²) in [6.45, 7) is 1.45. The lowest BCUT2D eigenvalue weighted by atomic mass is 10.1. The van der Waals surface area contributed by atoms with Crippen LogP contribution >= 0.6 is 34.5 Å². The number of esters is 1. The van der Waals surface area contributed by atoms with E-state index in [1.54, 1.807) is 25.1 Å². The Bertz CT molecular complexity index is 687. The standard InChI is InChI=1S/C15H13Cl2NO3S/c1-9(10-4-2-3-5-11(10)16)18-14(19)8-21-15(20)12-6-7-13(17)22-12/h2-7,9H,8H2,1H3,(H,18,19)/t9-/m1/s1. The van der Waals surface area contributed by atoms with Crippen molar-refractivity contribution in [2.24, 2.45) is 0 Å². The third-order valence-electron chi connectivity index (χ3n) is 2.86. The zero-order valence-electron chi connectivity index (χ0n) is 11.6. The number of amides is 1. The normalized spacial score (nSPS) is 11.8. The minimum atomic E-state index is -0.572. The van der Waals surface area contributed by atoms with Crippen molar-refractivity contribution in [3.8, 4) is 0 Å². The summed E-state index contributed by atoms with van der Waals surface area (Å²) in [5.41, 5.74) is 0.800. The first-order valence-corrected chi connectivity index (χ1v) is 8.01. The van der Waals surface area contributed by atoms with Gasteiger partial charge >= 0.3 is 5.97 Å². The molecule has 116 valence electrons. The number of carbonyl (C=O) groups is 2. The first-order valence-electron chi connectivity index (χ1n) is 6.43. The van der Waals surface area contributed by atoms with Crippen molar-refractivity contribution in [3.05, 3.63) is 56.2 Å². The third kappa shape index (κ3) is 4.47. The number of thiophene rings is 1. The Morgan fingerprint density at radius 2 is 1.95 bits per heavy atom. The highest BCUT2D eigenvalue weighted by Crippen LogP contribution is 2.23. The molecule has 0 aliphatic heterocycles. The van der Waals surface area contributed by atoms with Gasteiger partial charge in [-0.3, -0.25) is 4.79 Å². The average molecular weight is 358 g/mol.